The number of rotatable bonds is 6. The summed E-state index contributed by atoms with van der Waals surface area (Å²) in [6.07, 6.45) is 0. The summed E-state index contributed by atoms with van der Waals surface area (Å²) in [5.41, 5.74) is 2.28. The van der Waals surface area contributed by atoms with Crippen LogP contribution in [0.25, 0.3) is 0 Å². The number of hydrogen-bond acceptors (Lipinski definition) is 4. The lowest BCUT2D eigenvalue weighted by Crippen LogP contribution is -2.36. The highest BCUT2D eigenvalue weighted by Gasteiger charge is 2.13. The average molecular weight is 498 g/mol. The van der Waals surface area contributed by atoms with E-state index >= 15 is 0 Å². The number of carbonyl (C=O) groups is 1. The van der Waals surface area contributed by atoms with Crippen molar-refractivity contribution in [1.82, 2.24) is 4.90 Å². The van der Waals surface area contributed by atoms with E-state index in [1.807, 2.05) is 18.2 Å². The van der Waals surface area contributed by atoms with Gasteiger partial charge in [0, 0.05) is 36.8 Å². The normalized spacial score (nSPS) is 14.1. The van der Waals surface area contributed by atoms with Crippen LogP contribution in [0.4, 0.5) is 5.69 Å². The van der Waals surface area contributed by atoms with Gasteiger partial charge in [-0.15, -0.1) is 0 Å². The molecular weight excluding hydrogens is 476 g/mol. The van der Waals surface area contributed by atoms with E-state index < -0.39 is 0 Å². The molecule has 5 nitrogen and oxygen atoms in total. The Morgan fingerprint density at radius 2 is 1.85 bits per heavy atom. The highest BCUT2D eigenvalue weighted by atomic mass is 79.9. The summed E-state index contributed by atoms with van der Waals surface area (Å²) in [7, 11) is 1.79. The lowest BCUT2D eigenvalue weighted by atomic mass is 10.1. The standard InChI is InChI=1S/C20H22Br2N2O3/c1-23(20(25)14-27-19-7-4-16(21)12-18(19)22)13-15-2-5-17(6-3-15)24-8-10-26-11-9-24/h2-7,12H,8-11,13-14H2,1H3. The first kappa shape index (κ1) is 20.2. The first-order chi connectivity index (χ1) is 13.0. The molecule has 0 atom stereocenters. The van der Waals surface area contributed by atoms with Gasteiger partial charge in [-0.05, 0) is 51.8 Å². The Morgan fingerprint density at radius 3 is 2.52 bits per heavy atom. The molecule has 0 N–H and O–H groups in total. The molecule has 1 saturated heterocycles. The predicted octanol–water partition coefficient (Wildman–Crippen LogP) is 4.09. The molecule has 0 bridgehead atoms. The number of halogens is 2. The summed E-state index contributed by atoms with van der Waals surface area (Å²) in [5.74, 6) is 0.580. The Kier molecular flexibility index (Phi) is 7.15. The summed E-state index contributed by atoms with van der Waals surface area (Å²) in [6.45, 7) is 3.93. The van der Waals surface area contributed by atoms with Gasteiger partial charge in [0.15, 0.2) is 6.61 Å². The summed E-state index contributed by atoms with van der Waals surface area (Å²) in [4.78, 5) is 16.4. The zero-order chi connectivity index (χ0) is 19.2. The predicted molar refractivity (Wildman–Crippen MR) is 113 cm³/mol. The number of morpholine rings is 1. The van der Waals surface area contributed by atoms with Crippen molar-refractivity contribution in [2.45, 2.75) is 6.54 Å². The summed E-state index contributed by atoms with van der Waals surface area (Å²) >= 11 is 6.83. The third-order valence-electron chi connectivity index (χ3n) is 4.40. The van der Waals surface area contributed by atoms with E-state index in [-0.39, 0.29) is 12.5 Å². The molecular formula is C20H22Br2N2O3. The summed E-state index contributed by atoms with van der Waals surface area (Å²) < 4.78 is 12.8. The van der Waals surface area contributed by atoms with Crippen LogP contribution in [0.1, 0.15) is 5.56 Å². The molecule has 1 aliphatic rings. The molecule has 1 heterocycles. The third-order valence-corrected chi connectivity index (χ3v) is 5.52. The molecule has 1 aliphatic heterocycles. The van der Waals surface area contributed by atoms with Crippen molar-refractivity contribution in [2.24, 2.45) is 0 Å². The van der Waals surface area contributed by atoms with Crippen molar-refractivity contribution >= 4 is 43.5 Å². The average Bonchev–Trinajstić information content (AvgIpc) is 2.68. The molecule has 0 spiro atoms. The van der Waals surface area contributed by atoms with Crippen molar-refractivity contribution in [3.8, 4) is 5.75 Å². The Balaban J connectivity index is 1.51. The van der Waals surface area contributed by atoms with Gasteiger partial charge < -0.3 is 19.3 Å². The Morgan fingerprint density at radius 1 is 1.15 bits per heavy atom. The van der Waals surface area contributed by atoms with E-state index in [0.29, 0.717) is 12.3 Å². The van der Waals surface area contributed by atoms with Gasteiger partial charge in [0.1, 0.15) is 5.75 Å². The number of anilines is 1. The van der Waals surface area contributed by atoms with Gasteiger partial charge in [-0.2, -0.15) is 0 Å². The fourth-order valence-corrected chi connectivity index (χ4v) is 4.00. The molecule has 3 rings (SSSR count). The maximum atomic E-state index is 12.4. The molecule has 144 valence electrons. The molecule has 27 heavy (non-hydrogen) atoms. The number of hydrogen-bond donors (Lipinski definition) is 0. The van der Waals surface area contributed by atoms with Crippen LogP contribution in [0.15, 0.2) is 51.4 Å². The second-order valence-corrected chi connectivity index (χ2v) is 8.15. The number of nitrogens with zero attached hydrogens (tertiary/aromatic N) is 2. The van der Waals surface area contributed by atoms with E-state index in [4.69, 9.17) is 9.47 Å². The minimum absolute atomic E-state index is 0.00257. The van der Waals surface area contributed by atoms with Gasteiger partial charge >= 0.3 is 0 Å². The Hall–Kier alpha value is -1.57. The summed E-state index contributed by atoms with van der Waals surface area (Å²) in [5, 5.41) is 0. The monoisotopic (exact) mass is 496 g/mol. The molecule has 2 aromatic carbocycles. The molecule has 1 amide bonds. The number of carbonyl (C=O) groups excluding carboxylic acids is 1. The molecule has 2 aromatic rings. The van der Waals surface area contributed by atoms with E-state index in [9.17, 15) is 4.79 Å². The fourth-order valence-electron chi connectivity index (χ4n) is 2.84. The van der Waals surface area contributed by atoms with E-state index in [1.54, 1.807) is 11.9 Å². The van der Waals surface area contributed by atoms with Gasteiger partial charge in [-0.1, -0.05) is 28.1 Å². The van der Waals surface area contributed by atoms with Gasteiger partial charge in [0.05, 0.1) is 17.7 Å². The lowest BCUT2D eigenvalue weighted by molar-refractivity contribution is -0.132. The molecule has 0 unspecified atom stereocenters. The minimum Gasteiger partial charge on any atom is -0.483 e. The number of likely N-dealkylation sites (N-methyl/N-ethyl adjacent to an activating group) is 1. The largest absolute Gasteiger partial charge is 0.483 e. The number of ether oxygens (including phenoxy) is 2. The van der Waals surface area contributed by atoms with Crippen LogP contribution in [0.2, 0.25) is 0 Å². The van der Waals surface area contributed by atoms with Gasteiger partial charge in [0.2, 0.25) is 0 Å². The van der Waals surface area contributed by atoms with Crippen molar-refractivity contribution in [2.75, 3.05) is 44.9 Å². The van der Waals surface area contributed by atoms with Crippen molar-refractivity contribution in [3.63, 3.8) is 0 Å². The molecule has 1 fully saturated rings. The SMILES string of the molecule is CN(Cc1ccc(N2CCOCC2)cc1)C(=O)COc1ccc(Br)cc1Br. The van der Waals surface area contributed by atoms with Crippen LogP contribution in [0.3, 0.4) is 0 Å². The van der Waals surface area contributed by atoms with Crippen LogP contribution in [-0.4, -0.2) is 50.8 Å². The van der Waals surface area contributed by atoms with E-state index in [0.717, 1.165) is 40.8 Å². The van der Waals surface area contributed by atoms with E-state index in [1.165, 1.54) is 5.69 Å². The first-order valence-corrected chi connectivity index (χ1v) is 10.3. The lowest BCUT2D eigenvalue weighted by Gasteiger charge is -2.29. The molecule has 7 heteroatoms. The van der Waals surface area contributed by atoms with Gasteiger partial charge in [-0.25, -0.2) is 0 Å². The van der Waals surface area contributed by atoms with Gasteiger partial charge in [-0.3, -0.25) is 4.79 Å². The number of amides is 1. The fraction of sp³-hybridized carbons (Fsp3) is 0.350. The third kappa shape index (κ3) is 5.70. The second-order valence-electron chi connectivity index (χ2n) is 6.38. The minimum atomic E-state index is -0.0675. The van der Waals surface area contributed by atoms with Crippen LogP contribution in [0.5, 0.6) is 5.75 Å². The highest BCUT2D eigenvalue weighted by molar-refractivity contribution is 9.11. The van der Waals surface area contributed by atoms with Gasteiger partial charge in [0.25, 0.3) is 5.91 Å². The molecule has 0 aromatic heterocycles. The van der Waals surface area contributed by atoms with Crippen LogP contribution < -0.4 is 9.64 Å². The zero-order valence-corrected chi connectivity index (χ0v) is 18.3. The Bertz CT molecular complexity index is 777. The van der Waals surface area contributed by atoms with Crippen molar-refractivity contribution < 1.29 is 14.3 Å². The van der Waals surface area contributed by atoms with E-state index in [2.05, 4.69) is 61.0 Å². The smallest absolute Gasteiger partial charge is 0.260 e. The number of benzene rings is 2. The maximum Gasteiger partial charge on any atom is 0.260 e. The van der Waals surface area contributed by atoms with Crippen LogP contribution in [-0.2, 0) is 16.1 Å². The van der Waals surface area contributed by atoms with Crippen LogP contribution in [0, 0.1) is 0 Å². The molecule has 0 radical (unpaired) electrons. The van der Waals surface area contributed by atoms with Crippen LogP contribution >= 0.6 is 31.9 Å². The maximum absolute atomic E-state index is 12.4. The zero-order valence-electron chi connectivity index (χ0n) is 15.2. The topological polar surface area (TPSA) is 42.0 Å². The Labute approximate surface area is 176 Å². The highest BCUT2D eigenvalue weighted by Crippen LogP contribution is 2.28. The second kappa shape index (κ2) is 9.57. The molecule has 0 saturated carbocycles. The molecule has 0 aliphatic carbocycles. The quantitative estimate of drug-likeness (QED) is 0.602. The summed E-state index contributed by atoms with van der Waals surface area (Å²) in [6, 6.07) is 13.9. The first-order valence-electron chi connectivity index (χ1n) is 8.76. The van der Waals surface area contributed by atoms with Crippen molar-refractivity contribution in [3.05, 3.63) is 57.0 Å². The van der Waals surface area contributed by atoms with Crippen molar-refractivity contribution in [1.29, 1.82) is 0 Å².